The van der Waals surface area contributed by atoms with Crippen molar-refractivity contribution in [1.29, 1.82) is 0 Å². The van der Waals surface area contributed by atoms with Crippen molar-refractivity contribution in [2.45, 2.75) is 33.6 Å². The summed E-state index contributed by atoms with van der Waals surface area (Å²) in [7, 11) is 0. The number of oxazole rings is 1. The molecule has 0 atom stereocenters. The SMILES string of the molecule is CCCCOc1cccc(C(=O)Nc2ccc3oc(-c4ccc(N(CC)CC)cc4)nc3c2)c1. The zero-order valence-electron chi connectivity index (χ0n) is 20.0. The van der Waals surface area contributed by atoms with Crippen LogP contribution in [0.5, 0.6) is 5.75 Å². The number of rotatable bonds is 10. The van der Waals surface area contributed by atoms with E-state index in [4.69, 9.17) is 9.15 Å². The summed E-state index contributed by atoms with van der Waals surface area (Å²) < 4.78 is 11.7. The van der Waals surface area contributed by atoms with Crippen LogP contribution < -0.4 is 15.0 Å². The van der Waals surface area contributed by atoms with Crippen LogP contribution in [0.1, 0.15) is 44.0 Å². The highest BCUT2D eigenvalue weighted by molar-refractivity contribution is 6.05. The van der Waals surface area contributed by atoms with E-state index in [0.717, 1.165) is 31.5 Å². The van der Waals surface area contributed by atoms with Gasteiger partial charge in [0.1, 0.15) is 11.3 Å². The number of ether oxygens (including phenoxy) is 1. The maximum Gasteiger partial charge on any atom is 0.255 e. The third-order valence-corrected chi connectivity index (χ3v) is 5.75. The Balaban J connectivity index is 1.48. The second kappa shape index (κ2) is 10.9. The van der Waals surface area contributed by atoms with Crippen LogP contribution >= 0.6 is 0 Å². The van der Waals surface area contributed by atoms with E-state index in [0.29, 0.717) is 40.6 Å². The molecule has 3 aromatic carbocycles. The summed E-state index contributed by atoms with van der Waals surface area (Å²) in [6.45, 7) is 8.97. The Labute approximate surface area is 200 Å². The first kappa shape index (κ1) is 23.4. The summed E-state index contributed by atoms with van der Waals surface area (Å²) in [5.74, 6) is 1.06. The first-order valence-electron chi connectivity index (χ1n) is 11.9. The molecule has 0 radical (unpaired) electrons. The molecule has 6 nitrogen and oxygen atoms in total. The summed E-state index contributed by atoms with van der Waals surface area (Å²) >= 11 is 0. The van der Waals surface area contributed by atoms with Gasteiger partial charge >= 0.3 is 0 Å². The van der Waals surface area contributed by atoms with Crippen LogP contribution in [0.3, 0.4) is 0 Å². The fourth-order valence-corrected chi connectivity index (χ4v) is 3.80. The van der Waals surface area contributed by atoms with Crippen molar-refractivity contribution in [1.82, 2.24) is 4.98 Å². The highest BCUT2D eigenvalue weighted by Gasteiger charge is 2.12. The van der Waals surface area contributed by atoms with Gasteiger partial charge in [0.05, 0.1) is 6.61 Å². The minimum absolute atomic E-state index is 0.198. The monoisotopic (exact) mass is 457 g/mol. The molecule has 1 heterocycles. The number of carbonyl (C=O) groups is 1. The van der Waals surface area contributed by atoms with Crippen LogP contribution in [0.2, 0.25) is 0 Å². The molecule has 4 rings (SSSR count). The van der Waals surface area contributed by atoms with Crippen molar-refractivity contribution in [2.75, 3.05) is 29.9 Å². The minimum Gasteiger partial charge on any atom is -0.494 e. The van der Waals surface area contributed by atoms with Crippen molar-refractivity contribution >= 4 is 28.4 Å². The summed E-state index contributed by atoms with van der Waals surface area (Å²) in [5.41, 5.74) is 4.66. The van der Waals surface area contributed by atoms with Crippen molar-refractivity contribution < 1.29 is 13.9 Å². The molecule has 34 heavy (non-hydrogen) atoms. The van der Waals surface area contributed by atoms with E-state index in [2.05, 4.69) is 48.1 Å². The molecular weight excluding hydrogens is 426 g/mol. The Morgan fingerprint density at radius 1 is 1.00 bits per heavy atom. The van der Waals surface area contributed by atoms with Gasteiger partial charge in [-0.3, -0.25) is 4.79 Å². The number of anilines is 2. The van der Waals surface area contributed by atoms with E-state index in [9.17, 15) is 4.79 Å². The largest absolute Gasteiger partial charge is 0.494 e. The highest BCUT2D eigenvalue weighted by atomic mass is 16.5. The smallest absolute Gasteiger partial charge is 0.255 e. The molecule has 1 amide bonds. The van der Waals surface area contributed by atoms with E-state index < -0.39 is 0 Å². The molecule has 0 aliphatic carbocycles. The normalized spacial score (nSPS) is 10.9. The van der Waals surface area contributed by atoms with Crippen molar-refractivity contribution in [2.24, 2.45) is 0 Å². The maximum absolute atomic E-state index is 12.8. The molecule has 1 N–H and O–H groups in total. The molecule has 0 fully saturated rings. The maximum atomic E-state index is 12.8. The predicted molar refractivity (Wildman–Crippen MR) is 138 cm³/mol. The lowest BCUT2D eigenvalue weighted by molar-refractivity contribution is 0.102. The van der Waals surface area contributed by atoms with Gasteiger partial charge in [0.2, 0.25) is 5.89 Å². The fraction of sp³-hybridized carbons (Fsp3) is 0.286. The van der Waals surface area contributed by atoms with E-state index in [1.54, 1.807) is 12.1 Å². The Morgan fingerprint density at radius 2 is 1.79 bits per heavy atom. The zero-order chi connectivity index (χ0) is 23.9. The minimum atomic E-state index is -0.198. The number of carbonyl (C=O) groups excluding carboxylic acids is 1. The van der Waals surface area contributed by atoms with Gasteiger partial charge in [-0.15, -0.1) is 0 Å². The Morgan fingerprint density at radius 3 is 2.53 bits per heavy atom. The number of nitrogens with zero attached hydrogens (tertiary/aromatic N) is 2. The Bertz CT molecular complexity index is 1240. The molecular formula is C28H31N3O3. The van der Waals surface area contributed by atoms with Gasteiger partial charge in [-0.25, -0.2) is 4.98 Å². The quantitative estimate of drug-likeness (QED) is 0.266. The molecule has 0 saturated carbocycles. The topological polar surface area (TPSA) is 67.6 Å². The fourth-order valence-electron chi connectivity index (χ4n) is 3.80. The molecule has 0 spiro atoms. The zero-order valence-corrected chi connectivity index (χ0v) is 20.0. The Kier molecular flexibility index (Phi) is 7.48. The third kappa shape index (κ3) is 5.39. The van der Waals surface area contributed by atoms with Crippen LogP contribution in [-0.4, -0.2) is 30.6 Å². The first-order valence-corrected chi connectivity index (χ1v) is 11.9. The summed E-state index contributed by atoms with van der Waals surface area (Å²) in [6.07, 6.45) is 2.05. The van der Waals surface area contributed by atoms with Crippen LogP contribution in [0.25, 0.3) is 22.6 Å². The second-order valence-electron chi connectivity index (χ2n) is 8.10. The van der Waals surface area contributed by atoms with Crippen LogP contribution in [-0.2, 0) is 0 Å². The number of hydrogen-bond donors (Lipinski definition) is 1. The number of nitrogens with one attached hydrogen (secondary N) is 1. The standard InChI is InChI=1S/C28H31N3O3/c1-4-7-17-33-24-10-8-9-21(18-24)27(32)29-22-13-16-26-25(19-22)30-28(34-26)20-11-14-23(15-12-20)31(5-2)6-3/h8-16,18-19H,4-7,17H2,1-3H3,(H,29,32). The van der Waals surface area contributed by atoms with Crippen LogP contribution in [0, 0.1) is 0 Å². The lowest BCUT2D eigenvalue weighted by atomic mass is 10.2. The number of amides is 1. The number of hydrogen-bond acceptors (Lipinski definition) is 5. The second-order valence-corrected chi connectivity index (χ2v) is 8.10. The van der Waals surface area contributed by atoms with E-state index in [1.807, 2.05) is 42.5 Å². The molecule has 0 aliphatic heterocycles. The summed E-state index contributed by atoms with van der Waals surface area (Å²) in [4.78, 5) is 19.7. The average molecular weight is 458 g/mol. The molecule has 0 bridgehead atoms. The summed E-state index contributed by atoms with van der Waals surface area (Å²) in [6, 6.07) is 20.9. The lowest BCUT2D eigenvalue weighted by Gasteiger charge is -2.20. The average Bonchev–Trinajstić information content (AvgIpc) is 3.29. The van der Waals surface area contributed by atoms with E-state index in [-0.39, 0.29) is 5.91 Å². The van der Waals surface area contributed by atoms with Gasteiger partial charge in [0, 0.05) is 35.6 Å². The molecule has 4 aromatic rings. The van der Waals surface area contributed by atoms with Gasteiger partial charge in [-0.1, -0.05) is 19.4 Å². The highest BCUT2D eigenvalue weighted by Crippen LogP contribution is 2.28. The number of benzene rings is 3. The number of unbranched alkanes of at least 4 members (excludes halogenated alkanes) is 1. The molecule has 0 unspecified atom stereocenters. The van der Waals surface area contributed by atoms with E-state index >= 15 is 0 Å². The Hall–Kier alpha value is -3.80. The van der Waals surface area contributed by atoms with Crippen LogP contribution in [0.15, 0.2) is 71.1 Å². The number of aromatic nitrogens is 1. The van der Waals surface area contributed by atoms with Gasteiger partial charge in [-0.2, -0.15) is 0 Å². The van der Waals surface area contributed by atoms with Gasteiger partial charge in [-0.05, 0) is 80.9 Å². The van der Waals surface area contributed by atoms with Gasteiger partial charge in [0.15, 0.2) is 5.58 Å². The molecule has 1 aromatic heterocycles. The summed E-state index contributed by atoms with van der Waals surface area (Å²) in [5, 5.41) is 2.94. The lowest BCUT2D eigenvalue weighted by Crippen LogP contribution is -2.21. The molecule has 6 heteroatoms. The van der Waals surface area contributed by atoms with E-state index in [1.165, 1.54) is 5.69 Å². The van der Waals surface area contributed by atoms with Crippen molar-refractivity contribution in [3.8, 4) is 17.2 Å². The first-order chi connectivity index (χ1) is 16.6. The number of fused-ring (bicyclic) bond motifs is 1. The van der Waals surface area contributed by atoms with Gasteiger partial charge < -0.3 is 19.4 Å². The molecule has 176 valence electrons. The van der Waals surface area contributed by atoms with Crippen molar-refractivity contribution in [3.05, 3.63) is 72.3 Å². The van der Waals surface area contributed by atoms with Gasteiger partial charge in [0.25, 0.3) is 5.91 Å². The molecule has 0 aliphatic rings. The van der Waals surface area contributed by atoms with Crippen molar-refractivity contribution in [3.63, 3.8) is 0 Å². The third-order valence-electron chi connectivity index (χ3n) is 5.75. The van der Waals surface area contributed by atoms with Crippen LogP contribution in [0.4, 0.5) is 11.4 Å². The predicted octanol–water partition coefficient (Wildman–Crippen LogP) is 6.77. The molecule has 0 saturated heterocycles.